The lowest BCUT2D eigenvalue weighted by atomic mass is 9.86. The van der Waals surface area contributed by atoms with Gasteiger partial charge in [0.2, 0.25) is 0 Å². The van der Waals surface area contributed by atoms with Crippen molar-refractivity contribution in [3.63, 3.8) is 0 Å². The first-order valence-electron chi connectivity index (χ1n) is 7.99. The van der Waals surface area contributed by atoms with E-state index in [9.17, 15) is 8.42 Å². The van der Waals surface area contributed by atoms with Crippen molar-refractivity contribution >= 4 is 10.2 Å². The molecule has 1 saturated heterocycles. The van der Waals surface area contributed by atoms with Gasteiger partial charge in [-0.1, -0.05) is 26.7 Å². The van der Waals surface area contributed by atoms with Crippen LogP contribution in [0.15, 0.2) is 0 Å². The lowest BCUT2D eigenvalue weighted by molar-refractivity contribution is 0.236. The van der Waals surface area contributed by atoms with Crippen LogP contribution in [0.4, 0.5) is 0 Å². The fraction of sp³-hybridized carbons (Fsp3) is 1.00. The molecule has 0 spiro atoms. The summed E-state index contributed by atoms with van der Waals surface area (Å²) < 4.78 is 29.4. The molecule has 0 aromatic heterocycles. The van der Waals surface area contributed by atoms with E-state index in [1.807, 2.05) is 0 Å². The number of rotatable bonds is 7. The van der Waals surface area contributed by atoms with Crippen molar-refractivity contribution in [2.24, 2.45) is 5.92 Å². The van der Waals surface area contributed by atoms with Crippen LogP contribution in [0.3, 0.4) is 0 Å². The highest BCUT2D eigenvalue weighted by atomic mass is 32.2. The molecule has 2 rings (SSSR count). The van der Waals surface area contributed by atoms with E-state index in [2.05, 4.69) is 23.9 Å². The van der Waals surface area contributed by atoms with Gasteiger partial charge >= 0.3 is 0 Å². The smallest absolute Gasteiger partial charge is 0.279 e. The van der Waals surface area contributed by atoms with Gasteiger partial charge in [0.15, 0.2) is 0 Å². The fourth-order valence-corrected chi connectivity index (χ4v) is 4.42. The van der Waals surface area contributed by atoms with Gasteiger partial charge in [-0.05, 0) is 31.6 Å². The van der Waals surface area contributed by atoms with Crippen LogP contribution in [-0.4, -0.2) is 44.4 Å². The molecule has 1 unspecified atom stereocenters. The Balaban J connectivity index is 1.90. The molecular formula is C14H29N3O2S. The molecular weight excluding hydrogens is 274 g/mol. The van der Waals surface area contributed by atoms with Crippen LogP contribution < -0.4 is 10.0 Å². The Bertz CT molecular complexity index is 393. The van der Waals surface area contributed by atoms with Gasteiger partial charge in [-0.15, -0.1) is 0 Å². The first kappa shape index (κ1) is 16.2. The highest BCUT2D eigenvalue weighted by Crippen LogP contribution is 2.26. The van der Waals surface area contributed by atoms with Crippen molar-refractivity contribution in [3.05, 3.63) is 0 Å². The maximum Gasteiger partial charge on any atom is 0.279 e. The third-order valence-corrected chi connectivity index (χ3v) is 6.05. The topological polar surface area (TPSA) is 61.4 Å². The maximum absolute atomic E-state index is 12.5. The average Bonchev–Trinajstić information content (AvgIpc) is 2.34. The molecule has 2 N–H and O–H groups in total. The van der Waals surface area contributed by atoms with Gasteiger partial charge in [-0.25, -0.2) is 4.72 Å². The first-order valence-corrected chi connectivity index (χ1v) is 9.43. The lowest BCUT2D eigenvalue weighted by Crippen LogP contribution is -2.53. The summed E-state index contributed by atoms with van der Waals surface area (Å²) in [6, 6.07) is 0.495. The zero-order chi connectivity index (χ0) is 14.6. The fourth-order valence-electron chi connectivity index (χ4n) is 2.87. The molecule has 2 fully saturated rings. The van der Waals surface area contributed by atoms with Crippen molar-refractivity contribution in [3.8, 4) is 0 Å². The third kappa shape index (κ3) is 4.41. The van der Waals surface area contributed by atoms with Crippen LogP contribution in [0.1, 0.15) is 52.4 Å². The second-order valence-electron chi connectivity index (χ2n) is 6.47. The van der Waals surface area contributed by atoms with Crippen LogP contribution in [0.2, 0.25) is 0 Å². The van der Waals surface area contributed by atoms with Gasteiger partial charge in [-0.2, -0.15) is 12.7 Å². The zero-order valence-electron chi connectivity index (χ0n) is 12.8. The van der Waals surface area contributed by atoms with E-state index in [1.54, 1.807) is 4.31 Å². The summed E-state index contributed by atoms with van der Waals surface area (Å²) in [4.78, 5) is 0. The van der Waals surface area contributed by atoms with Crippen LogP contribution >= 0.6 is 0 Å². The normalized spacial score (nSPS) is 25.9. The Labute approximate surface area is 123 Å². The van der Waals surface area contributed by atoms with Crippen molar-refractivity contribution in [1.29, 1.82) is 0 Å². The standard InChI is InChI=1S/C14H29N3O2S/c1-12(2)15-11-14-8-3-4-9-17(14)20(18,19)16-10-13-6-5-7-13/h12-16H,3-11H2,1-2H3. The minimum atomic E-state index is -3.31. The third-order valence-electron chi connectivity index (χ3n) is 4.42. The van der Waals surface area contributed by atoms with Gasteiger partial charge in [0.25, 0.3) is 10.2 Å². The summed E-state index contributed by atoms with van der Waals surface area (Å²) in [6.45, 7) is 6.21. The van der Waals surface area contributed by atoms with Gasteiger partial charge in [0, 0.05) is 31.7 Å². The Kier molecular flexibility index (Phi) is 5.84. The van der Waals surface area contributed by atoms with Gasteiger partial charge in [-0.3, -0.25) is 0 Å². The molecule has 5 nitrogen and oxygen atoms in total. The molecule has 1 heterocycles. The van der Waals surface area contributed by atoms with E-state index >= 15 is 0 Å². The Morgan fingerprint density at radius 1 is 1.10 bits per heavy atom. The average molecular weight is 303 g/mol. The summed E-state index contributed by atoms with van der Waals surface area (Å²) in [5.74, 6) is 0.557. The lowest BCUT2D eigenvalue weighted by Gasteiger charge is -2.36. The maximum atomic E-state index is 12.5. The minimum Gasteiger partial charge on any atom is -0.313 e. The van der Waals surface area contributed by atoms with Crippen LogP contribution in [0, 0.1) is 5.92 Å². The molecule has 1 aliphatic carbocycles. The molecule has 1 saturated carbocycles. The molecule has 1 aliphatic heterocycles. The Hall–Kier alpha value is -0.170. The number of piperidine rings is 1. The molecule has 2 aliphatic rings. The molecule has 118 valence electrons. The van der Waals surface area contributed by atoms with Crippen molar-refractivity contribution in [2.75, 3.05) is 19.6 Å². The van der Waals surface area contributed by atoms with E-state index < -0.39 is 10.2 Å². The van der Waals surface area contributed by atoms with Crippen molar-refractivity contribution in [1.82, 2.24) is 14.3 Å². The quantitative estimate of drug-likeness (QED) is 0.749. The molecule has 20 heavy (non-hydrogen) atoms. The van der Waals surface area contributed by atoms with Crippen LogP contribution in [0.5, 0.6) is 0 Å². The number of nitrogens with zero attached hydrogens (tertiary/aromatic N) is 1. The highest BCUT2D eigenvalue weighted by molar-refractivity contribution is 7.87. The Morgan fingerprint density at radius 2 is 1.85 bits per heavy atom. The molecule has 0 aromatic carbocycles. The second kappa shape index (κ2) is 7.20. The molecule has 0 radical (unpaired) electrons. The predicted octanol–water partition coefficient (Wildman–Crippen LogP) is 1.47. The summed E-state index contributed by atoms with van der Waals surface area (Å²) in [5.41, 5.74) is 0. The predicted molar refractivity (Wildman–Crippen MR) is 81.7 cm³/mol. The first-order chi connectivity index (χ1) is 9.49. The van der Waals surface area contributed by atoms with Crippen molar-refractivity contribution in [2.45, 2.75) is 64.5 Å². The van der Waals surface area contributed by atoms with Crippen LogP contribution in [-0.2, 0) is 10.2 Å². The zero-order valence-corrected chi connectivity index (χ0v) is 13.6. The molecule has 1 atom stereocenters. The van der Waals surface area contributed by atoms with E-state index in [1.165, 1.54) is 19.3 Å². The highest BCUT2D eigenvalue weighted by Gasteiger charge is 2.32. The summed E-state index contributed by atoms with van der Waals surface area (Å²) in [5, 5.41) is 3.37. The number of hydrogen-bond donors (Lipinski definition) is 2. The van der Waals surface area contributed by atoms with E-state index in [0.717, 1.165) is 25.8 Å². The SMILES string of the molecule is CC(C)NCC1CCCCN1S(=O)(=O)NCC1CCC1. The van der Waals surface area contributed by atoms with E-state index in [4.69, 9.17) is 0 Å². The summed E-state index contributed by atoms with van der Waals surface area (Å²) in [7, 11) is -3.31. The molecule has 0 aromatic rings. The summed E-state index contributed by atoms with van der Waals surface area (Å²) >= 11 is 0. The van der Waals surface area contributed by atoms with Crippen molar-refractivity contribution < 1.29 is 8.42 Å². The molecule has 0 amide bonds. The Morgan fingerprint density at radius 3 is 2.45 bits per heavy atom. The minimum absolute atomic E-state index is 0.102. The second-order valence-corrected chi connectivity index (χ2v) is 8.18. The number of nitrogens with one attached hydrogen (secondary N) is 2. The largest absolute Gasteiger partial charge is 0.313 e. The monoisotopic (exact) mass is 303 g/mol. The molecule has 6 heteroatoms. The van der Waals surface area contributed by atoms with E-state index in [0.29, 0.717) is 25.0 Å². The molecule has 0 bridgehead atoms. The van der Waals surface area contributed by atoms with Gasteiger partial charge < -0.3 is 5.32 Å². The number of hydrogen-bond acceptors (Lipinski definition) is 3. The van der Waals surface area contributed by atoms with Gasteiger partial charge in [0.05, 0.1) is 0 Å². The van der Waals surface area contributed by atoms with Gasteiger partial charge in [0.1, 0.15) is 0 Å². The van der Waals surface area contributed by atoms with E-state index in [-0.39, 0.29) is 6.04 Å². The summed E-state index contributed by atoms with van der Waals surface area (Å²) in [6.07, 6.45) is 6.64. The van der Waals surface area contributed by atoms with Crippen LogP contribution in [0.25, 0.3) is 0 Å².